The van der Waals surface area contributed by atoms with E-state index in [0.29, 0.717) is 5.56 Å². The number of hydrogen-bond donors (Lipinski definition) is 1. The number of carbonyl (C=O) groups excluding carboxylic acids is 1. The van der Waals surface area contributed by atoms with E-state index in [1.165, 1.54) is 17.7 Å². The van der Waals surface area contributed by atoms with E-state index in [0.717, 1.165) is 18.4 Å². The molecule has 102 valence electrons. The van der Waals surface area contributed by atoms with E-state index in [-0.39, 0.29) is 16.4 Å². The molecule has 1 N–H and O–H groups in total. The van der Waals surface area contributed by atoms with E-state index >= 15 is 0 Å². The Balaban J connectivity index is 1.83. The van der Waals surface area contributed by atoms with Gasteiger partial charge in [-0.25, -0.2) is 4.39 Å². The summed E-state index contributed by atoms with van der Waals surface area (Å²) in [5.74, 6) is -0.678. The molecule has 0 radical (unpaired) electrons. The van der Waals surface area contributed by atoms with Crippen molar-refractivity contribution >= 4 is 21.8 Å². The predicted molar refractivity (Wildman–Crippen MR) is 79.1 cm³/mol. The minimum atomic E-state index is -0.426. The fourth-order valence-corrected chi connectivity index (χ4v) is 3.07. The van der Waals surface area contributed by atoms with E-state index < -0.39 is 5.82 Å². The largest absolute Gasteiger partial charge is 0.345 e. The second kappa shape index (κ2) is 5.37. The van der Waals surface area contributed by atoms with Crippen LogP contribution < -0.4 is 5.32 Å². The first-order valence-electron chi connectivity index (χ1n) is 6.49. The van der Waals surface area contributed by atoms with Crippen LogP contribution in [0.25, 0.3) is 0 Å². The molecule has 1 aliphatic rings. The Morgan fingerprint density at radius 1 is 1.20 bits per heavy atom. The molecule has 0 aromatic heterocycles. The Hall–Kier alpha value is -1.68. The molecule has 2 aromatic rings. The Bertz CT molecular complexity index is 671. The van der Waals surface area contributed by atoms with Gasteiger partial charge in [-0.2, -0.15) is 0 Å². The van der Waals surface area contributed by atoms with Crippen molar-refractivity contribution in [1.82, 2.24) is 5.32 Å². The third kappa shape index (κ3) is 2.36. The number of nitrogens with one attached hydrogen (secondary N) is 1. The van der Waals surface area contributed by atoms with E-state index in [4.69, 9.17) is 0 Å². The molecular weight excluding hydrogens is 321 g/mol. The van der Waals surface area contributed by atoms with Gasteiger partial charge in [0.2, 0.25) is 0 Å². The first-order chi connectivity index (χ1) is 9.66. The topological polar surface area (TPSA) is 29.1 Å². The van der Waals surface area contributed by atoms with Crippen LogP contribution in [0.3, 0.4) is 0 Å². The molecule has 3 rings (SSSR count). The molecule has 1 unspecified atom stereocenters. The van der Waals surface area contributed by atoms with E-state index in [1.54, 1.807) is 6.07 Å². The lowest BCUT2D eigenvalue weighted by molar-refractivity contribution is 0.0935. The summed E-state index contributed by atoms with van der Waals surface area (Å²) in [7, 11) is 0. The number of hydrogen-bond acceptors (Lipinski definition) is 1. The van der Waals surface area contributed by atoms with Crippen molar-refractivity contribution in [2.75, 3.05) is 0 Å². The average molecular weight is 334 g/mol. The maximum atomic E-state index is 13.5. The minimum Gasteiger partial charge on any atom is -0.345 e. The molecule has 4 heteroatoms. The summed E-state index contributed by atoms with van der Waals surface area (Å²) < 4.78 is 13.7. The van der Waals surface area contributed by atoms with Crippen LogP contribution in [0.2, 0.25) is 0 Å². The predicted octanol–water partition coefficient (Wildman–Crippen LogP) is 4.01. The van der Waals surface area contributed by atoms with Gasteiger partial charge in [0.1, 0.15) is 5.82 Å². The molecular formula is C16H13BrFNO. The summed E-state index contributed by atoms with van der Waals surface area (Å²) in [5, 5.41) is 2.98. The maximum absolute atomic E-state index is 13.5. The third-order valence-electron chi connectivity index (χ3n) is 3.63. The molecule has 1 atom stereocenters. The highest BCUT2D eigenvalue weighted by molar-refractivity contribution is 9.10. The Morgan fingerprint density at radius 2 is 2.00 bits per heavy atom. The SMILES string of the molecule is O=C(NC1CCc2ccccc21)c1cccc(F)c1Br. The van der Waals surface area contributed by atoms with Gasteiger partial charge >= 0.3 is 0 Å². The molecule has 2 aromatic carbocycles. The van der Waals surface area contributed by atoms with Crippen LogP contribution in [-0.2, 0) is 6.42 Å². The van der Waals surface area contributed by atoms with Gasteiger partial charge < -0.3 is 5.32 Å². The highest BCUT2D eigenvalue weighted by atomic mass is 79.9. The molecule has 0 saturated carbocycles. The Morgan fingerprint density at radius 3 is 2.85 bits per heavy atom. The number of amides is 1. The number of halogens is 2. The van der Waals surface area contributed by atoms with Crippen LogP contribution in [0, 0.1) is 5.82 Å². The summed E-state index contributed by atoms with van der Waals surface area (Å²) >= 11 is 3.13. The first kappa shape index (κ1) is 13.3. The standard InChI is InChI=1S/C16H13BrFNO/c17-15-12(6-3-7-13(15)18)16(20)19-14-9-8-10-4-1-2-5-11(10)14/h1-7,14H,8-9H2,(H,19,20). The average Bonchev–Trinajstić information content (AvgIpc) is 2.85. The summed E-state index contributed by atoms with van der Waals surface area (Å²) in [5.41, 5.74) is 2.76. The lowest BCUT2D eigenvalue weighted by atomic mass is 10.1. The molecule has 0 bridgehead atoms. The normalized spacial score (nSPS) is 16.8. The van der Waals surface area contributed by atoms with Crippen LogP contribution in [0.5, 0.6) is 0 Å². The van der Waals surface area contributed by atoms with Gasteiger partial charge in [0.25, 0.3) is 5.91 Å². The van der Waals surface area contributed by atoms with Crippen LogP contribution in [0.4, 0.5) is 4.39 Å². The van der Waals surface area contributed by atoms with Crippen molar-refractivity contribution in [3.63, 3.8) is 0 Å². The number of rotatable bonds is 2. The van der Waals surface area contributed by atoms with Crippen LogP contribution >= 0.6 is 15.9 Å². The molecule has 0 aliphatic heterocycles. The second-order valence-corrected chi connectivity index (χ2v) is 5.66. The van der Waals surface area contributed by atoms with Gasteiger partial charge in [0, 0.05) is 0 Å². The summed E-state index contributed by atoms with van der Waals surface area (Å²) in [6, 6.07) is 12.6. The highest BCUT2D eigenvalue weighted by Crippen LogP contribution is 2.31. The monoisotopic (exact) mass is 333 g/mol. The van der Waals surface area contributed by atoms with Crippen molar-refractivity contribution < 1.29 is 9.18 Å². The van der Waals surface area contributed by atoms with Gasteiger partial charge in [-0.3, -0.25) is 4.79 Å². The zero-order chi connectivity index (χ0) is 14.1. The van der Waals surface area contributed by atoms with Crippen molar-refractivity contribution in [2.45, 2.75) is 18.9 Å². The molecule has 0 fully saturated rings. The van der Waals surface area contributed by atoms with Gasteiger partial charge in [0.05, 0.1) is 16.1 Å². The first-order valence-corrected chi connectivity index (χ1v) is 7.29. The van der Waals surface area contributed by atoms with E-state index in [2.05, 4.69) is 27.3 Å². The zero-order valence-corrected chi connectivity index (χ0v) is 12.3. The van der Waals surface area contributed by atoms with Crippen molar-refractivity contribution in [2.24, 2.45) is 0 Å². The lowest BCUT2D eigenvalue weighted by Crippen LogP contribution is -2.27. The minimum absolute atomic E-state index is 0.00821. The quantitative estimate of drug-likeness (QED) is 0.884. The number of aryl methyl sites for hydroxylation is 1. The summed E-state index contributed by atoms with van der Waals surface area (Å²) in [6.07, 6.45) is 1.85. The van der Waals surface area contributed by atoms with Crippen molar-refractivity contribution in [3.8, 4) is 0 Å². The summed E-state index contributed by atoms with van der Waals surface area (Å²) in [6.45, 7) is 0. The van der Waals surface area contributed by atoms with Crippen LogP contribution in [0.15, 0.2) is 46.9 Å². The molecule has 20 heavy (non-hydrogen) atoms. The zero-order valence-electron chi connectivity index (χ0n) is 10.7. The van der Waals surface area contributed by atoms with E-state index in [1.807, 2.05) is 18.2 Å². The van der Waals surface area contributed by atoms with E-state index in [9.17, 15) is 9.18 Å². The Labute approximate surface area is 125 Å². The summed E-state index contributed by atoms with van der Waals surface area (Å²) in [4.78, 5) is 12.3. The molecule has 0 spiro atoms. The smallest absolute Gasteiger partial charge is 0.253 e. The molecule has 0 heterocycles. The van der Waals surface area contributed by atoms with Gasteiger partial charge in [-0.1, -0.05) is 30.3 Å². The fourth-order valence-electron chi connectivity index (χ4n) is 2.62. The second-order valence-electron chi connectivity index (χ2n) is 4.86. The van der Waals surface area contributed by atoms with Gasteiger partial charge in [-0.05, 0) is 52.0 Å². The van der Waals surface area contributed by atoms with Crippen LogP contribution in [-0.4, -0.2) is 5.91 Å². The molecule has 0 saturated heterocycles. The third-order valence-corrected chi connectivity index (χ3v) is 4.44. The molecule has 1 aliphatic carbocycles. The van der Waals surface area contributed by atoms with Gasteiger partial charge in [-0.15, -0.1) is 0 Å². The molecule has 2 nitrogen and oxygen atoms in total. The van der Waals surface area contributed by atoms with Crippen LogP contribution in [0.1, 0.15) is 33.9 Å². The maximum Gasteiger partial charge on any atom is 0.253 e. The fraction of sp³-hybridized carbons (Fsp3) is 0.188. The molecule has 1 amide bonds. The van der Waals surface area contributed by atoms with Crippen molar-refractivity contribution in [3.05, 3.63) is 69.4 Å². The number of benzene rings is 2. The lowest BCUT2D eigenvalue weighted by Gasteiger charge is -2.15. The van der Waals surface area contributed by atoms with Gasteiger partial charge in [0.15, 0.2) is 0 Å². The Kier molecular flexibility index (Phi) is 3.57. The highest BCUT2D eigenvalue weighted by Gasteiger charge is 2.24. The van der Waals surface area contributed by atoms with Crippen molar-refractivity contribution in [1.29, 1.82) is 0 Å². The number of fused-ring (bicyclic) bond motifs is 1. The number of carbonyl (C=O) groups is 1.